The van der Waals surface area contributed by atoms with Gasteiger partial charge in [0.2, 0.25) is 0 Å². The Morgan fingerprint density at radius 1 is 1.13 bits per heavy atom. The molecule has 31 heavy (non-hydrogen) atoms. The molecular weight excluding hydrogens is 440 g/mol. The van der Waals surface area contributed by atoms with Crippen molar-refractivity contribution in [2.75, 3.05) is 0 Å². The van der Waals surface area contributed by atoms with Crippen molar-refractivity contribution in [3.8, 4) is 11.3 Å². The number of hydrogen-bond acceptors (Lipinski definition) is 3. The van der Waals surface area contributed by atoms with Gasteiger partial charge in [-0.1, -0.05) is 35.3 Å². The third kappa shape index (κ3) is 4.70. The van der Waals surface area contributed by atoms with E-state index < -0.39 is 11.7 Å². The Hall–Kier alpha value is -2.57. The van der Waals surface area contributed by atoms with Crippen molar-refractivity contribution >= 4 is 29.3 Å². The SMILES string of the molecule is CC(C)(C)OC(=O)N1Cc2nn(Cc3cc(Cl)cc(Cl)c3)c(-c3ccccc3F)c2C1. The first-order valence-electron chi connectivity index (χ1n) is 9.87. The third-order valence-electron chi connectivity index (χ3n) is 4.86. The van der Waals surface area contributed by atoms with E-state index in [1.807, 2.05) is 20.8 Å². The van der Waals surface area contributed by atoms with Crippen LogP contribution in [-0.4, -0.2) is 26.4 Å². The number of rotatable bonds is 3. The zero-order valence-electron chi connectivity index (χ0n) is 17.5. The zero-order valence-corrected chi connectivity index (χ0v) is 19.0. The molecule has 5 nitrogen and oxygen atoms in total. The summed E-state index contributed by atoms with van der Waals surface area (Å²) in [4.78, 5) is 14.1. The molecule has 0 spiro atoms. The van der Waals surface area contributed by atoms with Crippen molar-refractivity contribution in [1.29, 1.82) is 0 Å². The normalized spacial score (nSPS) is 13.4. The maximum Gasteiger partial charge on any atom is 0.410 e. The van der Waals surface area contributed by atoms with Gasteiger partial charge in [0.05, 0.1) is 31.0 Å². The van der Waals surface area contributed by atoms with Crippen LogP contribution in [0, 0.1) is 5.82 Å². The predicted molar refractivity (Wildman–Crippen MR) is 119 cm³/mol. The number of amides is 1. The van der Waals surface area contributed by atoms with Gasteiger partial charge >= 0.3 is 6.09 Å². The first-order valence-corrected chi connectivity index (χ1v) is 10.6. The molecule has 0 fully saturated rings. The molecule has 0 aliphatic carbocycles. The summed E-state index contributed by atoms with van der Waals surface area (Å²) in [5.41, 5.74) is 2.84. The van der Waals surface area contributed by atoms with E-state index in [4.69, 9.17) is 33.0 Å². The molecule has 0 N–H and O–H groups in total. The van der Waals surface area contributed by atoms with Gasteiger partial charge < -0.3 is 4.74 Å². The van der Waals surface area contributed by atoms with E-state index >= 15 is 0 Å². The first-order chi connectivity index (χ1) is 14.6. The Morgan fingerprint density at radius 3 is 2.45 bits per heavy atom. The van der Waals surface area contributed by atoms with Gasteiger partial charge in [0.1, 0.15) is 11.4 Å². The molecule has 1 aliphatic rings. The van der Waals surface area contributed by atoms with Gasteiger partial charge in [-0.25, -0.2) is 9.18 Å². The number of benzene rings is 2. The second-order valence-corrected chi connectivity index (χ2v) is 9.40. The standard InChI is InChI=1S/C23H22Cl2FN3O2/c1-23(2,3)31-22(30)28-12-18-20(13-28)27-29(11-14-8-15(24)10-16(25)9-14)21(18)17-6-4-5-7-19(17)26/h4-10H,11-13H2,1-3H3. The lowest BCUT2D eigenvalue weighted by Crippen LogP contribution is -2.33. The molecule has 8 heteroatoms. The molecule has 4 rings (SSSR count). The van der Waals surface area contributed by atoms with Crippen LogP contribution in [0.15, 0.2) is 42.5 Å². The Bertz CT molecular complexity index is 1130. The largest absolute Gasteiger partial charge is 0.444 e. The highest BCUT2D eigenvalue weighted by molar-refractivity contribution is 6.34. The molecule has 3 aromatic rings. The average molecular weight is 462 g/mol. The van der Waals surface area contributed by atoms with E-state index in [0.717, 1.165) is 16.8 Å². The Balaban J connectivity index is 1.73. The van der Waals surface area contributed by atoms with Crippen LogP contribution in [-0.2, 0) is 24.4 Å². The van der Waals surface area contributed by atoms with E-state index in [0.29, 0.717) is 40.9 Å². The lowest BCUT2D eigenvalue weighted by Gasteiger charge is -2.24. The van der Waals surface area contributed by atoms with E-state index in [1.54, 1.807) is 46.0 Å². The van der Waals surface area contributed by atoms with E-state index in [2.05, 4.69) is 0 Å². The van der Waals surface area contributed by atoms with Crippen LogP contribution in [0.5, 0.6) is 0 Å². The van der Waals surface area contributed by atoms with Crippen molar-refractivity contribution in [2.24, 2.45) is 0 Å². The van der Waals surface area contributed by atoms with Crippen LogP contribution >= 0.6 is 23.2 Å². The molecule has 0 saturated heterocycles. The smallest absolute Gasteiger partial charge is 0.410 e. The van der Waals surface area contributed by atoms with E-state index in [9.17, 15) is 9.18 Å². The summed E-state index contributed by atoms with van der Waals surface area (Å²) in [5, 5.41) is 5.74. The van der Waals surface area contributed by atoms with Crippen molar-refractivity contribution < 1.29 is 13.9 Å². The van der Waals surface area contributed by atoms with Gasteiger partial charge in [-0.15, -0.1) is 0 Å². The molecule has 0 atom stereocenters. The van der Waals surface area contributed by atoms with Gasteiger partial charge in [-0.3, -0.25) is 9.58 Å². The minimum atomic E-state index is -0.600. The molecule has 0 unspecified atom stereocenters. The summed E-state index contributed by atoms with van der Waals surface area (Å²) in [6.45, 7) is 6.42. The number of halogens is 3. The Labute approximate surface area is 190 Å². The van der Waals surface area contributed by atoms with E-state index in [1.165, 1.54) is 6.07 Å². The number of fused-ring (bicyclic) bond motifs is 1. The van der Waals surface area contributed by atoms with E-state index in [-0.39, 0.29) is 5.82 Å². The van der Waals surface area contributed by atoms with Gasteiger partial charge in [-0.2, -0.15) is 5.10 Å². The molecule has 1 aliphatic heterocycles. The van der Waals surface area contributed by atoms with Crippen LogP contribution in [0.4, 0.5) is 9.18 Å². The molecule has 0 saturated carbocycles. The Kier molecular flexibility index (Phi) is 5.71. The summed E-state index contributed by atoms with van der Waals surface area (Å²) in [6.07, 6.45) is -0.418. The fourth-order valence-corrected chi connectivity index (χ4v) is 4.24. The lowest BCUT2D eigenvalue weighted by atomic mass is 10.1. The molecular formula is C23H22Cl2FN3O2. The fourth-order valence-electron chi connectivity index (χ4n) is 3.67. The number of nitrogens with zero attached hydrogens (tertiary/aromatic N) is 3. The molecule has 2 heterocycles. The van der Waals surface area contributed by atoms with Gasteiger partial charge in [-0.05, 0) is 56.7 Å². The molecule has 162 valence electrons. The number of ether oxygens (including phenoxy) is 1. The number of carbonyl (C=O) groups excluding carboxylic acids is 1. The molecule has 2 aromatic carbocycles. The number of aromatic nitrogens is 2. The monoisotopic (exact) mass is 461 g/mol. The van der Waals surface area contributed by atoms with Crippen molar-refractivity contribution in [2.45, 2.75) is 46.0 Å². The molecule has 1 amide bonds. The van der Waals surface area contributed by atoms with Gasteiger partial charge in [0.15, 0.2) is 0 Å². The predicted octanol–water partition coefficient (Wildman–Crippen LogP) is 6.30. The third-order valence-corrected chi connectivity index (χ3v) is 5.30. The Morgan fingerprint density at radius 2 is 1.81 bits per heavy atom. The molecule has 0 radical (unpaired) electrons. The average Bonchev–Trinajstić information content (AvgIpc) is 3.18. The van der Waals surface area contributed by atoms with Crippen molar-refractivity contribution in [3.63, 3.8) is 0 Å². The minimum absolute atomic E-state index is 0.296. The topological polar surface area (TPSA) is 47.4 Å². The summed E-state index contributed by atoms with van der Waals surface area (Å²) in [6, 6.07) is 11.8. The van der Waals surface area contributed by atoms with Crippen LogP contribution in [0.1, 0.15) is 37.6 Å². The lowest BCUT2D eigenvalue weighted by molar-refractivity contribution is 0.0239. The van der Waals surface area contributed by atoms with Gasteiger partial charge in [0.25, 0.3) is 0 Å². The fraction of sp³-hybridized carbons (Fsp3) is 0.304. The summed E-state index contributed by atoms with van der Waals surface area (Å²) in [7, 11) is 0. The first kappa shape index (κ1) is 21.7. The maximum absolute atomic E-state index is 14.8. The summed E-state index contributed by atoms with van der Waals surface area (Å²) in [5.74, 6) is -0.355. The zero-order chi connectivity index (χ0) is 22.3. The molecule has 1 aromatic heterocycles. The number of carbonyl (C=O) groups is 1. The maximum atomic E-state index is 14.8. The highest BCUT2D eigenvalue weighted by Gasteiger charge is 2.33. The van der Waals surface area contributed by atoms with Crippen molar-refractivity contribution in [1.82, 2.24) is 14.7 Å². The second kappa shape index (κ2) is 8.17. The molecule has 0 bridgehead atoms. The summed E-state index contributed by atoms with van der Waals surface area (Å²) >= 11 is 12.3. The van der Waals surface area contributed by atoms with Crippen LogP contribution in [0.25, 0.3) is 11.3 Å². The summed E-state index contributed by atoms with van der Waals surface area (Å²) < 4.78 is 22.0. The van der Waals surface area contributed by atoms with Crippen LogP contribution < -0.4 is 0 Å². The second-order valence-electron chi connectivity index (χ2n) is 8.53. The quantitative estimate of drug-likeness (QED) is 0.459. The van der Waals surface area contributed by atoms with Gasteiger partial charge in [0, 0.05) is 21.2 Å². The highest BCUT2D eigenvalue weighted by Crippen LogP contribution is 2.35. The number of hydrogen-bond donors (Lipinski definition) is 0. The van der Waals surface area contributed by atoms with Crippen LogP contribution in [0.3, 0.4) is 0 Å². The van der Waals surface area contributed by atoms with Crippen molar-refractivity contribution in [3.05, 3.63) is 75.1 Å². The highest BCUT2D eigenvalue weighted by atomic mass is 35.5. The minimum Gasteiger partial charge on any atom is -0.444 e. The van der Waals surface area contributed by atoms with Crippen LogP contribution in [0.2, 0.25) is 10.0 Å².